The fourth-order valence-electron chi connectivity index (χ4n) is 4.51. The van der Waals surface area contributed by atoms with Gasteiger partial charge in [-0.05, 0) is 88.1 Å². The average Bonchev–Trinajstić information content (AvgIpc) is 2.94. The molecule has 1 aromatic heterocycles. The first kappa shape index (κ1) is 24.8. The molecule has 2 aromatic rings. The molecule has 0 bridgehead atoms. The molecule has 2 N–H and O–H groups in total. The van der Waals surface area contributed by atoms with E-state index in [0.717, 1.165) is 43.1 Å². The fourth-order valence-corrected chi connectivity index (χ4v) is 5.66. The van der Waals surface area contributed by atoms with Gasteiger partial charge in [-0.25, -0.2) is 8.42 Å². The summed E-state index contributed by atoms with van der Waals surface area (Å²) in [6.45, 7) is 8.43. The normalized spacial score (nSPS) is 17.5. The van der Waals surface area contributed by atoms with Crippen LogP contribution >= 0.6 is 0 Å². The van der Waals surface area contributed by atoms with Crippen LogP contribution in [0.4, 0.5) is 5.69 Å². The maximum absolute atomic E-state index is 13.0. The number of aromatic nitrogens is 2. The zero-order valence-electron chi connectivity index (χ0n) is 20.2. The van der Waals surface area contributed by atoms with Crippen molar-refractivity contribution < 1.29 is 8.42 Å². The third-order valence-electron chi connectivity index (χ3n) is 6.50. The molecular formula is C25H40N4O2S. The molecule has 1 aliphatic heterocycles. The van der Waals surface area contributed by atoms with Gasteiger partial charge in [0.2, 0.25) is 0 Å². The quantitative estimate of drug-likeness (QED) is 0.498. The van der Waals surface area contributed by atoms with Crippen LogP contribution in [0.15, 0.2) is 29.2 Å². The fraction of sp³-hybridized carbons (Fsp3) is 0.640. The lowest BCUT2D eigenvalue weighted by molar-refractivity contribution is 0.419. The summed E-state index contributed by atoms with van der Waals surface area (Å²) in [5, 5.41) is 7.99. The molecule has 3 rings (SSSR count). The number of rotatable bonds is 10. The van der Waals surface area contributed by atoms with E-state index in [0.29, 0.717) is 16.5 Å². The van der Waals surface area contributed by atoms with E-state index < -0.39 is 10.0 Å². The van der Waals surface area contributed by atoms with Crippen LogP contribution in [0, 0.1) is 18.8 Å². The van der Waals surface area contributed by atoms with E-state index in [1.54, 1.807) is 16.8 Å². The van der Waals surface area contributed by atoms with Gasteiger partial charge in [0.1, 0.15) is 0 Å². The maximum Gasteiger partial charge on any atom is 0.262 e. The van der Waals surface area contributed by atoms with Gasteiger partial charge in [-0.15, -0.1) is 0 Å². The Morgan fingerprint density at radius 2 is 1.91 bits per heavy atom. The minimum atomic E-state index is -3.65. The Bertz CT molecular complexity index is 957. The second-order valence-electron chi connectivity index (χ2n) is 9.67. The van der Waals surface area contributed by atoms with Gasteiger partial charge >= 0.3 is 0 Å². The monoisotopic (exact) mass is 460 g/mol. The molecule has 1 fully saturated rings. The maximum atomic E-state index is 13.0. The molecule has 2 heterocycles. The Kier molecular flexibility index (Phi) is 8.77. The largest absolute Gasteiger partial charge is 0.317 e. The molecule has 178 valence electrons. The number of hydrogen-bond acceptors (Lipinski definition) is 4. The molecule has 1 aliphatic rings. The number of sulfonamides is 1. The summed E-state index contributed by atoms with van der Waals surface area (Å²) in [4.78, 5) is 0.297. The van der Waals surface area contributed by atoms with Crippen LogP contribution in [-0.2, 0) is 29.9 Å². The van der Waals surface area contributed by atoms with E-state index in [1.807, 2.05) is 26.1 Å². The third kappa shape index (κ3) is 6.82. The minimum absolute atomic E-state index is 0.297. The standard InChI is InChI=1S/C25H40N4O2S/c1-19(2)18-24-25(20(3)29(4)27-24)28-32(30,31)23-13-11-22(12-14-23)9-6-5-8-21-10-7-16-26-17-15-21/h11-14,19,21,26,28H,5-10,15-18H2,1-4H3. The van der Waals surface area contributed by atoms with E-state index in [4.69, 9.17) is 0 Å². The van der Waals surface area contributed by atoms with Crippen LogP contribution in [0.2, 0.25) is 0 Å². The molecule has 0 saturated carbocycles. The summed E-state index contributed by atoms with van der Waals surface area (Å²) >= 11 is 0. The topological polar surface area (TPSA) is 76.0 Å². The predicted octanol–water partition coefficient (Wildman–Crippen LogP) is 4.83. The van der Waals surface area contributed by atoms with Crippen LogP contribution in [0.5, 0.6) is 0 Å². The number of hydrogen-bond donors (Lipinski definition) is 2. The molecule has 7 heteroatoms. The molecule has 32 heavy (non-hydrogen) atoms. The second kappa shape index (κ2) is 11.3. The summed E-state index contributed by atoms with van der Waals surface area (Å²) in [6.07, 6.45) is 9.38. The number of nitrogens with one attached hydrogen (secondary N) is 2. The van der Waals surface area contributed by atoms with Crippen LogP contribution in [0.3, 0.4) is 0 Å². The van der Waals surface area contributed by atoms with Crippen molar-refractivity contribution in [3.05, 3.63) is 41.2 Å². The summed E-state index contributed by atoms with van der Waals surface area (Å²) in [5.41, 5.74) is 3.43. The van der Waals surface area contributed by atoms with Gasteiger partial charge < -0.3 is 5.32 Å². The van der Waals surface area contributed by atoms with Crippen LogP contribution in [-0.4, -0.2) is 31.3 Å². The number of benzene rings is 1. The van der Waals surface area contributed by atoms with Crippen molar-refractivity contribution in [1.82, 2.24) is 15.1 Å². The van der Waals surface area contributed by atoms with Crippen molar-refractivity contribution in [2.24, 2.45) is 18.9 Å². The lowest BCUT2D eigenvalue weighted by Crippen LogP contribution is -2.15. The van der Waals surface area contributed by atoms with Crippen LogP contribution in [0.1, 0.15) is 69.3 Å². The minimum Gasteiger partial charge on any atom is -0.317 e. The zero-order chi connectivity index (χ0) is 23.1. The van der Waals surface area contributed by atoms with Gasteiger partial charge in [0.25, 0.3) is 10.0 Å². The summed E-state index contributed by atoms with van der Waals surface area (Å²) in [7, 11) is -1.80. The highest BCUT2D eigenvalue weighted by atomic mass is 32.2. The van der Waals surface area contributed by atoms with Gasteiger partial charge in [0.15, 0.2) is 0 Å². The van der Waals surface area contributed by atoms with Gasteiger partial charge in [-0.2, -0.15) is 5.10 Å². The summed E-state index contributed by atoms with van der Waals surface area (Å²) < 4.78 is 30.6. The predicted molar refractivity (Wildman–Crippen MR) is 132 cm³/mol. The smallest absolute Gasteiger partial charge is 0.262 e. The Balaban J connectivity index is 1.57. The first-order chi connectivity index (χ1) is 15.3. The molecule has 1 saturated heterocycles. The van der Waals surface area contributed by atoms with Gasteiger partial charge in [0, 0.05) is 7.05 Å². The molecule has 1 unspecified atom stereocenters. The van der Waals surface area contributed by atoms with E-state index in [-0.39, 0.29) is 0 Å². The molecule has 1 atom stereocenters. The third-order valence-corrected chi connectivity index (χ3v) is 7.87. The summed E-state index contributed by atoms with van der Waals surface area (Å²) in [6, 6.07) is 7.36. The van der Waals surface area contributed by atoms with Crippen molar-refractivity contribution in [2.45, 2.75) is 77.0 Å². The molecule has 0 amide bonds. The Labute approximate surface area is 194 Å². The van der Waals surface area contributed by atoms with Crippen molar-refractivity contribution in [1.29, 1.82) is 0 Å². The second-order valence-corrected chi connectivity index (χ2v) is 11.4. The Morgan fingerprint density at radius 1 is 1.16 bits per heavy atom. The molecular weight excluding hydrogens is 420 g/mol. The van der Waals surface area contributed by atoms with Gasteiger partial charge in [-0.3, -0.25) is 9.40 Å². The van der Waals surface area contributed by atoms with E-state index in [9.17, 15) is 8.42 Å². The Morgan fingerprint density at radius 3 is 2.62 bits per heavy atom. The van der Waals surface area contributed by atoms with Crippen LogP contribution in [0.25, 0.3) is 0 Å². The van der Waals surface area contributed by atoms with Crippen molar-refractivity contribution in [2.75, 3.05) is 17.8 Å². The average molecular weight is 461 g/mol. The zero-order valence-corrected chi connectivity index (χ0v) is 21.0. The number of anilines is 1. The highest BCUT2D eigenvalue weighted by Gasteiger charge is 2.21. The summed E-state index contributed by atoms with van der Waals surface area (Å²) in [5.74, 6) is 1.26. The van der Waals surface area contributed by atoms with Crippen molar-refractivity contribution >= 4 is 15.7 Å². The molecule has 6 nitrogen and oxygen atoms in total. The molecule has 1 aromatic carbocycles. The van der Waals surface area contributed by atoms with Gasteiger partial charge in [-0.1, -0.05) is 38.8 Å². The van der Waals surface area contributed by atoms with Gasteiger partial charge in [0.05, 0.1) is 22.0 Å². The highest BCUT2D eigenvalue weighted by molar-refractivity contribution is 7.92. The van der Waals surface area contributed by atoms with Crippen LogP contribution < -0.4 is 10.0 Å². The first-order valence-corrected chi connectivity index (χ1v) is 13.6. The van der Waals surface area contributed by atoms with Crippen molar-refractivity contribution in [3.8, 4) is 0 Å². The van der Waals surface area contributed by atoms with E-state index >= 15 is 0 Å². The van der Waals surface area contributed by atoms with E-state index in [1.165, 1.54) is 44.2 Å². The number of nitrogens with zero attached hydrogens (tertiary/aromatic N) is 2. The highest BCUT2D eigenvalue weighted by Crippen LogP contribution is 2.26. The number of unbranched alkanes of at least 4 members (excludes halogenated alkanes) is 1. The molecule has 0 spiro atoms. The number of aryl methyl sites for hydroxylation is 2. The van der Waals surface area contributed by atoms with E-state index in [2.05, 4.69) is 29.0 Å². The first-order valence-electron chi connectivity index (χ1n) is 12.1. The lowest BCUT2D eigenvalue weighted by atomic mass is 9.93. The lowest BCUT2D eigenvalue weighted by Gasteiger charge is -2.13. The Hall–Kier alpha value is -1.86. The van der Waals surface area contributed by atoms with Crippen molar-refractivity contribution in [3.63, 3.8) is 0 Å². The molecule has 0 aliphatic carbocycles. The SMILES string of the molecule is Cc1c(NS(=O)(=O)c2ccc(CCCCC3CCCNCC3)cc2)c(CC(C)C)nn1C. The molecule has 0 radical (unpaired) electrons.